The molecule has 1 saturated carbocycles. The van der Waals surface area contributed by atoms with Crippen LogP contribution in [0.25, 0.3) is 0 Å². The van der Waals surface area contributed by atoms with Gasteiger partial charge in [0.1, 0.15) is 5.75 Å². The van der Waals surface area contributed by atoms with Gasteiger partial charge in [-0.1, -0.05) is 25.0 Å². The van der Waals surface area contributed by atoms with Gasteiger partial charge < -0.3 is 30.9 Å². The highest BCUT2D eigenvalue weighted by atomic mass is 16.5. The van der Waals surface area contributed by atoms with E-state index in [-0.39, 0.29) is 36.3 Å². The second-order valence-electron chi connectivity index (χ2n) is 11.4. The zero-order valence-corrected chi connectivity index (χ0v) is 25.0. The van der Waals surface area contributed by atoms with E-state index in [9.17, 15) is 19.2 Å². The van der Waals surface area contributed by atoms with E-state index in [1.165, 1.54) is 0 Å². The number of carbonyl (C=O) groups is 4. The summed E-state index contributed by atoms with van der Waals surface area (Å²) >= 11 is 0. The lowest BCUT2D eigenvalue weighted by molar-refractivity contribution is -0.118. The van der Waals surface area contributed by atoms with Gasteiger partial charge in [-0.05, 0) is 92.4 Å². The van der Waals surface area contributed by atoms with Crippen LogP contribution in [0.15, 0.2) is 66.7 Å². The molecule has 0 aromatic heterocycles. The molecule has 1 aliphatic carbocycles. The van der Waals surface area contributed by atoms with Crippen molar-refractivity contribution in [3.63, 3.8) is 0 Å². The van der Waals surface area contributed by atoms with Gasteiger partial charge in [0.15, 0.2) is 6.61 Å². The standard InChI is InChI=1S/C34H39N5O5/c1-38(19-5-3-2-4-18-35)33(42)25-10-13-27(14-11-25)36-32(41)24-8-6-23(7-9-24)21-39(28-15-16-28)34(43)26-12-17-29-30(20-26)44-22-31(40)37-29/h6-14,17,20,28H,2-5,15-16,18-19,21-22,35H2,1H3,(H,36,41)(H,37,40). The van der Waals surface area contributed by atoms with Crippen molar-refractivity contribution in [3.8, 4) is 5.75 Å². The maximum atomic E-state index is 13.4. The molecule has 1 heterocycles. The topological polar surface area (TPSA) is 134 Å². The highest BCUT2D eigenvalue weighted by Gasteiger charge is 2.33. The van der Waals surface area contributed by atoms with Crippen LogP contribution in [0, 0.1) is 0 Å². The van der Waals surface area contributed by atoms with Crippen LogP contribution in [0.4, 0.5) is 11.4 Å². The summed E-state index contributed by atoms with van der Waals surface area (Å²) in [6.45, 7) is 1.73. The summed E-state index contributed by atoms with van der Waals surface area (Å²) in [4.78, 5) is 54.2. The highest BCUT2D eigenvalue weighted by Crippen LogP contribution is 2.33. The maximum absolute atomic E-state index is 13.4. The van der Waals surface area contributed by atoms with Crippen LogP contribution in [0.5, 0.6) is 5.75 Å². The Balaban J connectivity index is 1.15. The fourth-order valence-corrected chi connectivity index (χ4v) is 5.15. The fourth-order valence-electron chi connectivity index (χ4n) is 5.15. The number of benzene rings is 3. The van der Waals surface area contributed by atoms with E-state index >= 15 is 0 Å². The molecule has 1 aliphatic heterocycles. The van der Waals surface area contributed by atoms with Crippen molar-refractivity contribution in [1.29, 1.82) is 0 Å². The zero-order valence-electron chi connectivity index (χ0n) is 25.0. The van der Waals surface area contributed by atoms with Gasteiger partial charge in [0, 0.05) is 48.6 Å². The number of rotatable bonds is 13. The monoisotopic (exact) mass is 597 g/mol. The molecule has 3 aromatic carbocycles. The first-order valence-corrected chi connectivity index (χ1v) is 15.2. The highest BCUT2D eigenvalue weighted by molar-refractivity contribution is 6.04. The molecule has 0 bridgehead atoms. The number of nitrogens with two attached hydrogens (primary N) is 1. The first-order valence-electron chi connectivity index (χ1n) is 15.2. The minimum Gasteiger partial charge on any atom is -0.482 e. The molecular formula is C34H39N5O5. The molecule has 5 rings (SSSR count). The Morgan fingerprint density at radius 2 is 1.57 bits per heavy atom. The predicted molar refractivity (Wildman–Crippen MR) is 169 cm³/mol. The van der Waals surface area contributed by atoms with Crippen LogP contribution in [0.1, 0.15) is 75.2 Å². The lowest BCUT2D eigenvalue weighted by Crippen LogP contribution is -2.33. The number of ether oxygens (including phenoxy) is 1. The van der Waals surface area contributed by atoms with Crippen LogP contribution < -0.4 is 21.1 Å². The average molecular weight is 598 g/mol. The molecular weight excluding hydrogens is 558 g/mol. The van der Waals surface area contributed by atoms with E-state index in [0.717, 1.165) is 44.1 Å². The molecule has 2 aliphatic rings. The third-order valence-corrected chi connectivity index (χ3v) is 7.86. The van der Waals surface area contributed by atoms with E-state index < -0.39 is 0 Å². The molecule has 3 aromatic rings. The predicted octanol–water partition coefficient (Wildman–Crippen LogP) is 4.67. The van der Waals surface area contributed by atoms with Crippen molar-refractivity contribution in [2.75, 3.05) is 37.4 Å². The summed E-state index contributed by atoms with van der Waals surface area (Å²) in [6.07, 6.45) is 5.96. The summed E-state index contributed by atoms with van der Waals surface area (Å²) in [6, 6.07) is 19.3. The third-order valence-electron chi connectivity index (χ3n) is 7.86. The Labute approximate surface area is 257 Å². The van der Waals surface area contributed by atoms with Crippen molar-refractivity contribution < 1.29 is 23.9 Å². The minimum atomic E-state index is -0.263. The lowest BCUT2D eigenvalue weighted by Gasteiger charge is -2.24. The Kier molecular flexibility index (Phi) is 9.91. The lowest BCUT2D eigenvalue weighted by atomic mass is 10.1. The number of amides is 4. The number of carbonyl (C=O) groups excluding carboxylic acids is 4. The molecule has 1 fully saturated rings. The molecule has 0 unspecified atom stereocenters. The number of hydrogen-bond acceptors (Lipinski definition) is 6. The Morgan fingerprint density at radius 3 is 2.27 bits per heavy atom. The van der Waals surface area contributed by atoms with Crippen LogP contribution >= 0.6 is 0 Å². The van der Waals surface area contributed by atoms with Crippen molar-refractivity contribution in [3.05, 3.63) is 89.0 Å². The Bertz CT molecular complexity index is 1500. The molecule has 4 amide bonds. The van der Waals surface area contributed by atoms with E-state index in [1.807, 2.05) is 17.0 Å². The summed E-state index contributed by atoms with van der Waals surface area (Å²) in [7, 11) is 1.80. The van der Waals surface area contributed by atoms with E-state index in [4.69, 9.17) is 10.5 Å². The smallest absolute Gasteiger partial charge is 0.262 e. The van der Waals surface area contributed by atoms with Crippen molar-refractivity contribution in [2.24, 2.45) is 5.73 Å². The number of hydrogen-bond donors (Lipinski definition) is 3. The van der Waals surface area contributed by atoms with Gasteiger partial charge in [-0.2, -0.15) is 0 Å². The van der Waals surface area contributed by atoms with Crippen molar-refractivity contribution in [1.82, 2.24) is 9.80 Å². The Morgan fingerprint density at radius 1 is 0.886 bits per heavy atom. The van der Waals surface area contributed by atoms with Crippen LogP contribution in [-0.4, -0.2) is 66.2 Å². The van der Waals surface area contributed by atoms with Crippen LogP contribution in [0.3, 0.4) is 0 Å². The summed E-state index contributed by atoms with van der Waals surface area (Å²) < 4.78 is 5.49. The SMILES string of the molecule is CN(CCCCCCN)C(=O)c1ccc(NC(=O)c2ccc(CN(C(=O)c3ccc4c(c3)OCC(=O)N4)C3CC3)cc2)cc1. The first-order chi connectivity index (χ1) is 21.3. The van der Waals surface area contributed by atoms with Gasteiger partial charge in [-0.25, -0.2) is 0 Å². The average Bonchev–Trinajstić information content (AvgIpc) is 3.89. The molecule has 44 heavy (non-hydrogen) atoms. The molecule has 4 N–H and O–H groups in total. The van der Waals surface area contributed by atoms with Gasteiger partial charge in [-0.15, -0.1) is 0 Å². The summed E-state index contributed by atoms with van der Waals surface area (Å²) in [5.41, 5.74) is 9.16. The van der Waals surface area contributed by atoms with E-state index in [2.05, 4.69) is 10.6 Å². The van der Waals surface area contributed by atoms with Crippen molar-refractivity contribution >= 4 is 35.0 Å². The van der Waals surface area contributed by atoms with Gasteiger partial charge in [0.2, 0.25) is 0 Å². The van der Waals surface area contributed by atoms with Gasteiger partial charge >= 0.3 is 0 Å². The number of unbranched alkanes of at least 4 members (excludes halogenated alkanes) is 3. The molecule has 230 valence electrons. The number of fused-ring (bicyclic) bond motifs is 1. The van der Waals surface area contributed by atoms with Gasteiger partial charge in [0.25, 0.3) is 23.6 Å². The molecule has 10 heteroatoms. The molecule has 0 spiro atoms. The fraction of sp³-hybridized carbons (Fsp3) is 0.353. The summed E-state index contributed by atoms with van der Waals surface area (Å²) in [5, 5.41) is 5.63. The minimum absolute atomic E-state index is 0.0514. The quantitative estimate of drug-likeness (QED) is 0.245. The molecule has 10 nitrogen and oxygen atoms in total. The molecule has 0 atom stereocenters. The molecule has 0 saturated heterocycles. The van der Waals surface area contributed by atoms with Gasteiger partial charge in [-0.3, -0.25) is 19.2 Å². The number of nitrogens with one attached hydrogen (secondary N) is 2. The second kappa shape index (κ2) is 14.2. The zero-order chi connectivity index (χ0) is 31.1. The first kappa shape index (κ1) is 30.7. The third kappa shape index (κ3) is 7.82. The Hall–Kier alpha value is -4.70. The van der Waals surface area contributed by atoms with Crippen molar-refractivity contribution in [2.45, 2.75) is 51.1 Å². The van der Waals surface area contributed by atoms with E-state index in [0.29, 0.717) is 53.4 Å². The molecule has 0 radical (unpaired) electrons. The normalized spacial score (nSPS) is 13.7. The largest absolute Gasteiger partial charge is 0.482 e. The number of nitrogens with zero attached hydrogens (tertiary/aromatic N) is 2. The maximum Gasteiger partial charge on any atom is 0.262 e. The number of anilines is 2. The van der Waals surface area contributed by atoms with Crippen LogP contribution in [-0.2, 0) is 11.3 Å². The second-order valence-corrected chi connectivity index (χ2v) is 11.4. The van der Waals surface area contributed by atoms with Gasteiger partial charge in [0.05, 0.1) is 5.69 Å². The van der Waals surface area contributed by atoms with Crippen LogP contribution in [0.2, 0.25) is 0 Å². The van der Waals surface area contributed by atoms with E-state index in [1.54, 1.807) is 66.5 Å². The summed E-state index contributed by atoms with van der Waals surface area (Å²) in [5.74, 6) is -0.152.